The topological polar surface area (TPSA) is 43.0 Å². The molecule has 3 rings (SSSR count). The molecule has 0 aromatic carbocycles. The Hall–Kier alpha value is -1.55. The van der Waals surface area contributed by atoms with Gasteiger partial charge in [0.05, 0.1) is 18.7 Å². The first-order chi connectivity index (χ1) is 9.16. The molecule has 2 unspecified atom stereocenters. The van der Waals surface area contributed by atoms with Crippen LogP contribution in [-0.2, 0) is 13.0 Å². The predicted octanol–water partition coefficient (Wildman–Crippen LogP) is 2.62. The molecule has 0 spiro atoms. The van der Waals surface area contributed by atoms with Crippen LogP contribution in [0.3, 0.4) is 0 Å². The second-order valence-corrected chi connectivity index (χ2v) is 5.54. The monoisotopic (exact) mass is 259 g/mol. The van der Waals surface area contributed by atoms with Crippen molar-refractivity contribution in [2.24, 2.45) is 0 Å². The number of rotatable bonds is 3. The fourth-order valence-electron chi connectivity index (χ4n) is 3.28. The van der Waals surface area contributed by atoms with Crippen LogP contribution in [0.4, 0.5) is 0 Å². The second-order valence-electron chi connectivity index (χ2n) is 5.54. The van der Waals surface area contributed by atoms with Crippen molar-refractivity contribution in [2.75, 3.05) is 0 Å². The lowest BCUT2D eigenvalue weighted by Gasteiger charge is -2.24. The molecule has 2 aromatic heterocycles. The van der Waals surface area contributed by atoms with Gasteiger partial charge in [-0.05, 0) is 45.2 Å². The molecule has 2 atom stereocenters. The van der Waals surface area contributed by atoms with Crippen molar-refractivity contribution in [2.45, 2.75) is 51.8 Å². The van der Waals surface area contributed by atoms with E-state index in [0.29, 0.717) is 6.04 Å². The van der Waals surface area contributed by atoms with Crippen LogP contribution in [0.5, 0.6) is 0 Å². The van der Waals surface area contributed by atoms with Crippen LogP contribution >= 0.6 is 0 Å². The summed E-state index contributed by atoms with van der Waals surface area (Å²) in [4.78, 5) is 0. The van der Waals surface area contributed by atoms with Crippen LogP contribution in [0.25, 0.3) is 0 Å². The Morgan fingerprint density at radius 2 is 2.37 bits per heavy atom. The third-order valence-electron chi connectivity index (χ3n) is 4.07. The average Bonchev–Trinajstić information content (AvgIpc) is 2.96. The molecule has 19 heavy (non-hydrogen) atoms. The summed E-state index contributed by atoms with van der Waals surface area (Å²) in [5, 5.41) is 14.4. The summed E-state index contributed by atoms with van der Waals surface area (Å²) in [6.07, 6.45) is 6.57. The summed E-state index contributed by atoms with van der Waals surface area (Å²) in [5.41, 5.74) is 3.69. The standard InChI is InChI=1S/C15H21N3O/c1-11-9-13-14(5-3-6-15(13)19)18(11)12(2)10-17-8-4-7-16-17/h4,7-9,12,15,19H,3,5-6,10H2,1-2H3. The van der Waals surface area contributed by atoms with Gasteiger partial charge in [-0.15, -0.1) is 0 Å². The molecular formula is C15H21N3O. The molecule has 1 N–H and O–H groups in total. The van der Waals surface area contributed by atoms with Crippen molar-refractivity contribution in [3.63, 3.8) is 0 Å². The van der Waals surface area contributed by atoms with Crippen LogP contribution in [0.1, 0.15) is 48.9 Å². The van der Waals surface area contributed by atoms with Gasteiger partial charge in [-0.2, -0.15) is 5.10 Å². The smallest absolute Gasteiger partial charge is 0.0807 e. The van der Waals surface area contributed by atoms with Crippen molar-refractivity contribution < 1.29 is 5.11 Å². The minimum atomic E-state index is -0.277. The fourth-order valence-corrected chi connectivity index (χ4v) is 3.28. The number of hydrogen-bond donors (Lipinski definition) is 1. The molecule has 0 saturated heterocycles. The first-order valence-electron chi connectivity index (χ1n) is 7.03. The lowest BCUT2D eigenvalue weighted by Crippen LogP contribution is -2.19. The van der Waals surface area contributed by atoms with E-state index in [0.717, 1.165) is 31.4 Å². The molecule has 1 aliphatic carbocycles. The SMILES string of the molecule is Cc1cc2c(n1C(C)Cn1cccn1)CCCC2O. The zero-order valence-electron chi connectivity index (χ0n) is 11.6. The summed E-state index contributed by atoms with van der Waals surface area (Å²) in [6, 6.07) is 4.46. The van der Waals surface area contributed by atoms with Crippen molar-refractivity contribution in [1.82, 2.24) is 14.3 Å². The Labute approximate surface area is 113 Å². The molecule has 102 valence electrons. The quantitative estimate of drug-likeness (QED) is 0.920. The van der Waals surface area contributed by atoms with E-state index in [1.165, 1.54) is 11.4 Å². The highest BCUT2D eigenvalue weighted by molar-refractivity contribution is 5.32. The Morgan fingerprint density at radius 1 is 1.53 bits per heavy atom. The van der Waals surface area contributed by atoms with Gasteiger partial charge in [-0.3, -0.25) is 4.68 Å². The molecule has 0 fully saturated rings. The van der Waals surface area contributed by atoms with Gasteiger partial charge in [0.15, 0.2) is 0 Å². The largest absolute Gasteiger partial charge is 0.388 e. The van der Waals surface area contributed by atoms with Crippen molar-refractivity contribution in [3.8, 4) is 0 Å². The van der Waals surface area contributed by atoms with Gasteiger partial charge < -0.3 is 9.67 Å². The molecule has 0 bridgehead atoms. The Morgan fingerprint density at radius 3 is 3.11 bits per heavy atom. The van der Waals surface area contributed by atoms with Gasteiger partial charge in [0.1, 0.15) is 0 Å². The maximum Gasteiger partial charge on any atom is 0.0807 e. The average molecular weight is 259 g/mol. The zero-order valence-corrected chi connectivity index (χ0v) is 11.6. The molecule has 1 aliphatic rings. The van der Waals surface area contributed by atoms with E-state index in [1.807, 2.05) is 23.1 Å². The second kappa shape index (κ2) is 4.85. The van der Waals surface area contributed by atoms with Gasteiger partial charge in [0.2, 0.25) is 0 Å². The molecular weight excluding hydrogens is 238 g/mol. The van der Waals surface area contributed by atoms with Gasteiger partial charge >= 0.3 is 0 Å². The normalized spacial score (nSPS) is 20.3. The molecule has 0 radical (unpaired) electrons. The number of hydrogen-bond acceptors (Lipinski definition) is 2. The van der Waals surface area contributed by atoms with Crippen molar-refractivity contribution in [3.05, 3.63) is 41.5 Å². The number of aliphatic hydroxyl groups is 1. The van der Waals surface area contributed by atoms with Gasteiger partial charge in [0, 0.05) is 29.3 Å². The van der Waals surface area contributed by atoms with E-state index >= 15 is 0 Å². The first kappa shape index (κ1) is 12.5. The summed E-state index contributed by atoms with van der Waals surface area (Å²) in [7, 11) is 0. The maximum atomic E-state index is 10.1. The minimum absolute atomic E-state index is 0.277. The van der Waals surface area contributed by atoms with E-state index in [-0.39, 0.29) is 6.10 Å². The molecule has 2 aromatic rings. The van der Waals surface area contributed by atoms with Crippen LogP contribution < -0.4 is 0 Å². The molecule has 0 amide bonds. The van der Waals surface area contributed by atoms with Crippen molar-refractivity contribution >= 4 is 0 Å². The molecule has 0 aliphatic heterocycles. The van der Waals surface area contributed by atoms with Crippen LogP contribution in [0.2, 0.25) is 0 Å². The molecule has 4 nitrogen and oxygen atoms in total. The summed E-state index contributed by atoms with van der Waals surface area (Å²) >= 11 is 0. The lowest BCUT2D eigenvalue weighted by molar-refractivity contribution is 0.155. The first-order valence-corrected chi connectivity index (χ1v) is 7.03. The number of aromatic nitrogens is 3. The molecule has 4 heteroatoms. The highest BCUT2D eigenvalue weighted by atomic mass is 16.3. The Bertz CT molecular complexity index is 556. The highest BCUT2D eigenvalue weighted by Gasteiger charge is 2.24. The molecule has 0 saturated carbocycles. The van der Waals surface area contributed by atoms with E-state index in [1.54, 1.807) is 0 Å². The third-order valence-corrected chi connectivity index (χ3v) is 4.07. The van der Waals surface area contributed by atoms with Gasteiger partial charge in [-0.1, -0.05) is 0 Å². The van der Waals surface area contributed by atoms with E-state index < -0.39 is 0 Å². The predicted molar refractivity (Wildman–Crippen MR) is 74.0 cm³/mol. The number of aryl methyl sites for hydroxylation is 1. The van der Waals surface area contributed by atoms with E-state index in [9.17, 15) is 5.11 Å². The number of nitrogens with zero attached hydrogens (tertiary/aromatic N) is 3. The minimum Gasteiger partial charge on any atom is -0.388 e. The van der Waals surface area contributed by atoms with Gasteiger partial charge in [0.25, 0.3) is 0 Å². The fraction of sp³-hybridized carbons (Fsp3) is 0.533. The number of aliphatic hydroxyl groups excluding tert-OH is 1. The van der Waals surface area contributed by atoms with E-state index in [2.05, 4.69) is 29.6 Å². The van der Waals surface area contributed by atoms with Crippen molar-refractivity contribution in [1.29, 1.82) is 0 Å². The number of fused-ring (bicyclic) bond motifs is 1. The lowest BCUT2D eigenvalue weighted by atomic mass is 9.95. The maximum absolute atomic E-state index is 10.1. The third kappa shape index (κ3) is 2.21. The summed E-state index contributed by atoms with van der Waals surface area (Å²) in [6.45, 7) is 5.21. The van der Waals surface area contributed by atoms with Gasteiger partial charge in [-0.25, -0.2) is 0 Å². The van der Waals surface area contributed by atoms with Crippen LogP contribution in [0.15, 0.2) is 24.5 Å². The van der Waals surface area contributed by atoms with Crippen LogP contribution in [0, 0.1) is 6.92 Å². The summed E-state index contributed by atoms with van der Waals surface area (Å²) < 4.78 is 4.34. The van der Waals surface area contributed by atoms with Crippen LogP contribution in [-0.4, -0.2) is 19.5 Å². The highest BCUT2D eigenvalue weighted by Crippen LogP contribution is 2.34. The zero-order chi connectivity index (χ0) is 13.4. The molecule has 2 heterocycles. The van der Waals surface area contributed by atoms with E-state index in [4.69, 9.17) is 0 Å². The summed E-state index contributed by atoms with van der Waals surface area (Å²) in [5.74, 6) is 0. The Balaban J connectivity index is 1.92. The Kier molecular flexibility index (Phi) is 3.19.